The lowest BCUT2D eigenvalue weighted by atomic mass is 10.0. The fraction of sp³-hybridized carbons (Fsp3) is 1.00. The second-order valence-corrected chi connectivity index (χ2v) is 5.56. The monoisotopic (exact) mass is 235 g/mol. The molecule has 0 aromatic carbocycles. The number of hydrogen-bond donors (Lipinski definition) is 1. The molecule has 0 spiro atoms. The molecule has 0 saturated carbocycles. The molecule has 0 fully saturated rings. The van der Waals surface area contributed by atoms with Gasteiger partial charge in [-0.05, 0) is 19.4 Å². The van der Waals surface area contributed by atoms with Crippen LogP contribution in [0, 0.1) is 5.92 Å². The highest BCUT2D eigenvalue weighted by molar-refractivity contribution is 7.85. The van der Waals surface area contributed by atoms with Crippen LogP contribution in [0.2, 0.25) is 0 Å². The van der Waals surface area contributed by atoms with E-state index in [0.29, 0.717) is 18.6 Å². The Balaban J connectivity index is 3.80. The normalized spacial score (nSPS) is 17.3. The van der Waals surface area contributed by atoms with Crippen molar-refractivity contribution < 1.29 is 8.95 Å². The first kappa shape index (κ1) is 15.1. The van der Waals surface area contributed by atoms with Crippen LogP contribution >= 0.6 is 0 Å². The minimum absolute atomic E-state index is 0.373. The van der Waals surface area contributed by atoms with Gasteiger partial charge < -0.3 is 10.1 Å². The zero-order chi connectivity index (χ0) is 11.7. The van der Waals surface area contributed by atoms with E-state index in [9.17, 15) is 4.21 Å². The zero-order valence-corrected chi connectivity index (χ0v) is 11.2. The first-order valence-corrected chi connectivity index (χ1v) is 7.15. The first-order chi connectivity index (χ1) is 7.15. The van der Waals surface area contributed by atoms with Gasteiger partial charge in [0.05, 0.1) is 0 Å². The summed E-state index contributed by atoms with van der Waals surface area (Å²) in [6, 6.07) is 0.373. The molecule has 1 N–H and O–H groups in total. The van der Waals surface area contributed by atoms with Gasteiger partial charge in [-0.25, -0.2) is 0 Å². The Morgan fingerprint density at radius 3 is 2.60 bits per heavy atom. The van der Waals surface area contributed by atoms with Gasteiger partial charge in [0.1, 0.15) is 0 Å². The average Bonchev–Trinajstić information content (AvgIpc) is 2.25. The van der Waals surface area contributed by atoms with Crippen molar-refractivity contribution in [2.24, 2.45) is 5.92 Å². The Hall–Kier alpha value is 0.0700. The number of hydrogen-bond acceptors (Lipinski definition) is 3. The van der Waals surface area contributed by atoms with Crippen LogP contribution in [-0.4, -0.2) is 42.5 Å². The molecule has 92 valence electrons. The summed E-state index contributed by atoms with van der Waals surface area (Å²) in [5.41, 5.74) is 0. The lowest BCUT2D eigenvalue weighted by molar-refractivity contribution is 0.200. The third kappa shape index (κ3) is 7.03. The topological polar surface area (TPSA) is 38.3 Å². The number of ether oxygens (including phenoxy) is 1. The van der Waals surface area contributed by atoms with Gasteiger partial charge in [-0.1, -0.05) is 20.3 Å². The van der Waals surface area contributed by atoms with Gasteiger partial charge in [-0.2, -0.15) is 0 Å². The first-order valence-electron chi connectivity index (χ1n) is 5.66. The second-order valence-electron chi connectivity index (χ2n) is 3.94. The van der Waals surface area contributed by atoms with E-state index in [1.165, 1.54) is 0 Å². The van der Waals surface area contributed by atoms with Gasteiger partial charge in [0.15, 0.2) is 0 Å². The summed E-state index contributed by atoms with van der Waals surface area (Å²) >= 11 is 0. The van der Waals surface area contributed by atoms with Crippen molar-refractivity contribution in [1.82, 2.24) is 5.32 Å². The summed E-state index contributed by atoms with van der Waals surface area (Å²) in [6.45, 7) is 5.08. The van der Waals surface area contributed by atoms with Crippen LogP contribution in [0.5, 0.6) is 0 Å². The van der Waals surface area contributed by atoms with E-state index in [2.05, 4.69) is 19.2 Å². The lowest BCUT2D eigenvalue weighted by Crippen LogP contribution is -2.37. The largest absolute Gasteiger partial charge is 0.385 e. The average molecular weight is 235 g/mol. The molecule has 0 aliphatic heterocycles. The highest BCUT2D eigenvalue weighted by Gasteiger charge is 2.16. The highest BCUT2D eigenvalue weighted by atomic mass is 32.2. The Morgan fingerprint density at radius 2 is 2.13 bits per heavy atom. The molecular formula is C11H25NO2S. The summed E-state index contributed by atoms with van der Waals surface area (Å²) in [4.78, 5) is 0. The van der Waals surface area contributed by atoms with Gasteiger partial charge in [0.2, 0.25) is 0 Å². The molecule has 0 heterocycles. The quantitative estimate of drug-likeness (QED) is 0.614. The fourth-order valence-corrected chi connectivity index (χ4v) is 2.97. The van der Waals surface area contributed by atoms with Crippen molar-refractivity contribution in [3.05, 3.63) is 0 Å². The zero-order valence-electron chi connectivity index (χ0n) is 10.4. The predicted molar refractivity (Wildman–Crippen MR) is 66.7 cm³/mol. The number of nitrogens with one attached hydrogen (secondary N) is 1. The molecule has 4 heteroatoms. The van der Waals surface area contributed by atoms with Gasteiger partial charge in [-0.3, -0.25) is 4.21 Å². The highest BCUT2D eigenvalue weighted by Crippen LogP contribution is 2.08. The third-order valence-electron chi connectivity index (χ3n) is 2.79. The van der Waals surface area contributed by atoms with Crippen molar-refractivity contribution in [1.29, 1.82) is 0 Å². The number of methoxy groups -OCH3 is 1. The summed E-state index contributed by atoms with van der Waals surface area (Å²) in [6.07, 6.45) is 2.01. The van der Waals surface area contributed by atoms with Crippen molar-refractivity contribution in [3.63, 3.8) is 0 Å². The molecule has 3 atom stereocenters. The molecule has 0 aromatic rings. The van der Waals surface area contributed by atoms with Gasteiger partial charge in [0, 0.05) is 42.1 Å². The standard InChI is InChI=1S/C11H25NO2S/c1-5-10(2)11(12-3)9-15(13)8-6-7-14-4/h10-12H,5-9H2,1-4H3. The molecular weight excluding hydrogens is 210 g/mol. The molecule has 0 amide bonds. The summed E-state index contributed by atoms with van der Waals surface area (Å²) in [5, 5.41) is 3.25. The van der Waals surface area contributed by atoms with Crippen molar-refractivity contribution in [3.8, 4) is 0 Å². The van der Waals surface area contributed by atoms with E-state index in [1.807, 2.05) is 7.05 Å². The van der Waals surface area contributed by atoms with Crippen LogP contribution in [0.25, 0.3) is 0 Å². The van der Waals surface area contributed by atoms with E-state index < -0.39 is 10.8 Å². The van der Waals surface area contributed by atoms with E-state index in [-0.39, 0.29) is 0 Å². The molecule has 3 unspecified atom stereocenters. The molecule has 0 aliphatic carbocycles. The maximum atomic E-state index is 11.7. The van der Waals surface area contributed by atoms with E-state index in [0.717, 1.165) is 24.3 Å². The van der Waals surface area contributed by atoms with E-state index in [4.69, 9.17) is 4.74 Å². The van der Waals surface area contributed by atoms with Crippen LogP contribution in [0.4, 0.5) is 0 Å². The summed E-state index contributed by atoms with van der Waals surface area (Å²) < 4.78 is 16.7. The smallest absolute Gasteiger partial charge is 0.0471 e. The second kappa shape index (κ2) is 9.31. The summed E-state index contributed by atoms with van der Waals surface area (Å²) in [5.74, 6) is 2.10. The van der Waals surface area contributed by atoms with Crippen LogP contribution < -0.4 is 5.32 Å². The van der Waals surface area contributed by atoms with Gasteiger partial charge in [0.25, 0.3) is 0 Å². The third-order valence-corrected chi connectivity index (χ3v) is 4.26. The molecule has 0 aromatic heterocycles. The van der Waals surface area contributed by atoms with Gasteiger partial charge in [-0.15, -0.1) is 0 Å². The summed E-state index contributed by atoms with van der Waals surface area (Å²) in [7, 11) is 2.91. The predicted octanol–water partition coefficient (Wildman–Crippen LogP) is 1.41. The van der Waals surface area contributed by atoms with Crippen LogP contribution in [-0.2, 0) is 15.5 Å². The van der Waals surface area contributed by atoms with Crippen LogP contribution in [0.15, 0.2) is 0 Å². The fourth-order valence-electron chi connectivity index (χ4n) is 1.46. The molecule has 0 rings (SSSR count). The van der Waals surface area contributed by atoms with Crippen LogP contribution in [0.3, 0.4) is 0 Å². The Kier molecular flexibility index (Phi) is 9.35. The van der Waals surface area contributed by atoms with Gasteiger partial charge >= 0.3 is 0 Å². The molecule has 0 saturated heterocycles. The Labute approximate surface area is 96.4 Å². The van der Waals surface area contributed by atoms with Crippen molar-refractivity contribution >= 4 is 10.8 Å². The Morgan fingerprint density at radius 1 is 1.47 bits per heavy atom. The molecule has 0 radical (unpaired) electrons. The SMILES string of the molecule is CCC(C)C(CS(=O)CCCOC)NC. The molecule has 3 nitrogen and oxygen atoms in total. The molecule has 0 bridgehead atoms. The minimum atomic E-state index is -0.716. The lowest BCUT2D eigenvalue weighted by Gasteiger charge is -2.21. The maximum absolute atomic E-state index is 11.7. The van der Waals surface area contributed by atoms with Crippen LogP contribution in [0.1, 0.15) is 26.7 Å². The maximum Gasteiger partial charge on any atom is 0.0471 e. The minimum Gasteiger partial charge on any atom is -0.385 e. The van der Waals surface area contributed by atoms with Crippen molar-refractivity contribution in [2.75, 3.05) is 32.3 Å². The molecule has 0 aliphatic rings. The molecule has 15 heavy (non-hydrogen) atoms. The van der Waals surface area contributed by atoms with E-state index in [1.54, 1.807) is 7.11 Å². The van der Waals surface area contributed by atoms with E-state index >= 15 is 0 Å². The van der Waals surface area contributed by atoms with Crippen molar-refractivity contribution in [2.45, 2.75) is 32.7 Å². The Bertz CT molecular complexity index is 176. The number of rotatable bonds is 9.